The van der Waals surface area contributed by atoms with E-state index in [2.05, 4.69) is 25.1 Å². The van der Waals surface area contributed by atoms with Gasteiger partial charge in [0.25, 0.3) is 12.0 Å². The Hall–Kier alpha value is -3.18. The number of fused-ring (bicyclic) bond motifs is 1. The van der Waals surface area contributed by atoms with E-state index in [4.69, 9.17) is 4.74 Å². The lowest BCUT2D eigenvalue weighted by atomic mass is 10.1. The molecule has 3 aromatic rings. The zero-order chi connectivity index (χ0) is 24.7. The topological polar surface area (TPSA) is 75.5 Å². The lowest BCUT2D eigenvalue weighted by molar-refractivity contribution is -0.0660. The Morgan fingerprint density at radius 1 is 1.17 bits per heavy atom. The molecule has 0 bridgehead atoms. The van der Waals surface area contributed by atoms with Crippen LogP contribution in [-0.2, 0) is 18.3 Å². The zero-order valence-corrected chi connectivity index (χ0v) is 19.6. The molecule has 35 heavy (non-hydrogen) atoms. The van der Waals surface area contributed by atoms with E-state index in [9.17, 15) is 18.0 Å². The molecule has 186 valence electrons. The second-order valence-corrected chi connectivity index (χ2v) is 8.94. The van der Waals surface area contributed by atoms with Gasteiger partial charge in [0, 0.05) is 45.3 Å². The van der Waals surface area contributed by atoms with Crippen LogP contribution in [0.15, 0.2) is 29.1 Å². The van der Waals surface area contributed by atoms with Gasteiger partial charge >= 0.3 is 0 Å². The minimum absolute atomic E-state index is 0.0434. The SMILES string of the molecule is Cc1nc(NCc2cccc(C(F)F)c2F)c2cc(N3CCN(C4COC4)CC3)c(=O)n(C)c2n1. The fourth-order valence-corrected chi connectivity index (χ4v) is 4.63. The van der Waals surface area contributed by atoms with Crippen LogP contribution in [0.4, 0.5) is 24.7 Å². The number of ether oxygens (including phenoxy) is 1. The highest BCUT2D eigenvalue weighted by Crippen LogP contribution is 2.27. The molecule has 0 radical (unpaired) electrons. The molecular formula is C24H27F3N6O2. The van der Waals surface area contributed by atoms with Crippen molar-refractivity contribution in [3.8, 4) is 0 Å². The van der Waals surface area contributed by atoms with Gasteiger partial charge < -0.3 is 15.0 Å². The molecule has 0 saturated carbocycles. The van der Waals surface area contributed by atoms with Gasteiger partial charge in [-0.05, 0) is 13.0 Å². The highest BCUT2D eigenvalue weighted by atomic mass is 19.3. The van der Waals surface area contributed by atoms with Crippen molar-refractivity contribution >= 4 is 22.5 Å². The van der Waals surface area contributed by atoms with Crippen LogP contribution in [0.25, 0.3) is 11.0 Å². The maximum absolute atomic E-state index is 14.5. The van der Waals surface area contributed by atoms with Gasteiger partial charge in [0.1, 0.15) is 28.8 Å². The van der Waals surface area contributed by atoms with E-state index in [1.807, 2.05) is 0 Å². The van der Waals surface area contributed by atoms with Gasteiger partial charge in [-0.3, -0.25) is 14.3 Å². The lowest BCUT2D eigenvalue weighted by Gasteiger charge is -2.43. The number of hydrogen-bond acceptors (Lipinski definition) is 7. The van der Waals surface area contributed by atoms with E-state index in [0.29, 0.717) is 47.5 Å². The Bertz CT molecular complexity index is 1300. The van der Waals surface area contributed by atoms with Crippen molar-refractivity contribution in [2.24, 2.45) is 7.05 Å². The summed E-state index contributed by atoms with van der Waals surface area (Å²) in [4.78, 5) is 26.6. The summed E-state index contributed by atoms with van der Waals surface area (Å²) >= 11 is 0. The zero-order valence-electron chi connectivity index (χ0n) is 19.6. The summed E-state index contributed by atoms with van der Waals surface area (Å²) < 4.78 is 47.5. The van der Waals surface area contributed by atoms with E-state index in [1.165, 1.54) is 16.7 Å². The Balaban J connectivity index is 1.45. The van der Waals surface area contributed by atoms with Gasteiger partial charge in [-0.15, -0.1) is 0 Å². The monoisotopic (exact) mass is 488 g/mol. The molecule has 4 heterocycles. The molecule has 2 aliphatic heterocycles. The molecule has 2 aliphatic rings. The first-order valence-corrected chi connectivity index (χ1v) is 11.6. The normalized spacial score (nSPS) is 17.3. The number of aryl methyl sites for hydroxylation is 2. The number of nitrogens with one attached hydrogen (secondary N) is 1. The summed E-state index contributed by atoms with van der Waals surface area (Å²) in [5.74, 6) is -0.0924. The summed E-state index contributed by atoms with van der Waals surface area (Å²) in [6, 6.07) is 6.16. The number of alkyl halides is 2. The molecule has 1 N–H and O–H groups in total. The van der Waals surface area contributed by atoms with Crippen molar-refractivity contribution in [1.82, 2.24) is 19.4 Å². The molecule has 5 rings (SSSR count). The summed E-state index contributed by atoms with van der Waals surface area (Å²) in [6.07, 6.45) is -2.90. The number of nitrogens with zero attached hydrogens (tertiary/aromatic N) is 5. The van der Waals surface area contributed by atoms with Gasteiger partial charge in [0.05, 0.1) is 30.2 Å². The molecule has 2 saturated heterocycles. The third-order valence-electron chi connectivity index (χ3n) is 6.74. The van der Waals surface area contributed by atoms with Crippen molar-refractivity contribution < 1.29 is 17.9 Å². The third-order valence-corrected chi connectivity index (χ3v) is 6.74. The second kappa shape index (κ2) is 9.46. The maximum Gasteiger partial charge on any atom is 0.275 e. The van der Waals surface area contributed by atoms with Crippen LogP contribution in [0.5, 0.6) is 0 Å². The van der Waals surface area contributed by atoms with Crippen molar-refractivity contribution in [3.63, 3.8) is 0 Å². The standard InChI is InChI=1S/C24H27F3N6O2/c1-14-29-22(28-11-15-4-3-5-17(20(15)25)21(26)27)18-10-19(24(34)31(2)23(18)30-14)33-8-6-32(7-9-33)16-12-35-13-16/h3-5,10,16,21H,6-9,11-13H2,1-2H3,(H,28,29,30). The van der Waals surface area contributed by atoms with Gasteiger partial charge in [-0.1, -0.05) is 18.2 Å². The van der Waals surface area contributed by atoms with Crippen molar-refractivity contribution in [2.45, 2.75) is 25.9 Å². The number of pyridine rings is 1. The molecule has 8 nitrogen and oxygen atoms in total. The fraction of sp³-hybridized carbons (Fsp3) is 0.458. The van der Waals surface area contributed by atoms with Gasteiger partial charge in [-0.25, -0.2) is 23.1 Å². The third kappa shape index (κ3) is 4.45. The maximum atomic E-state index is 14.5. The minimum Gasteiger partial charge on any atom is -0.378 e. The Labute approximate surface area is 200 Å². The summed E-state index contributed by atoms with van der Waals surface area (Å²) in [7, 11) is 1.66. The number of hydrogen-bond donors (Lipinski definition) is 1. The molecular weight excluding hydrogens is 461 g/mol. The predicted molar refractivity (Wildman–Crippen MR) is 127 cm³/mol. The van der Waals surface area contributed by atoms with Crippen molar-refractivity contribution in [3.05, 3.63) is 57.4 Å². The van der Waals surface area contributed by atoms with Crippen molar-refractivity contribution in [2.75, 3.05) is 49.6 Å². The first-order valence-electron chi connectivity index (χ1n) is 11.6. The van der Waals surface area contributed by atoms with Gasteiger partial charge in [0.2, 0.25) is 0 Å². The van der Waals surface area contributed by atoms with Crippen LogP contribution in [0.1, 0.15) is 23.4 Å². The van der Waals surface area contributed by atoms with E-state index in [1.54, 1.807) is 20.0 Å². The number of rotatable bonds is 6. The Morgan fingerprint density at radius 2 is 1.91 bits per heavy atom. The van der Waals surface area contributed by atoms with Crippen LogP contribution >= 0.6 is 0 Å². The average Bonchev–Trinajstić information content (AvgIpc) is 2.80. The molecule has 11 heteroatoms. The largest absolute Gasteiger partial charge is 0.378 e. The highest BCUT2D eigenvalue weighted by Gasteiger charge is 2.30. The van der Waals surface area contributed by atoms with Crippen LogP contribution in [-0.4, -0.2) is 64.9 Å². The van der Waals surface area contributed by atoms with Crippen LogP contribution < -0.4 is 15.8 Å². The first-order chi connectivity index (χ1) is 16.8. The summed E-state index contributed by atoms with van der Waals surface area (Å²) in [5, 5.41) is 3.68. The Kier molecular flexibility index (Phi) is 6.37. The quantitative estimate of drug-likeness (QED) is 0.572. The fourth-order valence-electron chi connectivity index (χ4n) is 4.63. The van der Waals surface area contributed by atoms with Crippen LogP contribution in [0.2, 0.25) is 0 Å². The molecule has 0 atom stereocenters. The number of aromatic nitrogens is 3. The van der Waals surface area contributed by atoms with Gasteiger partial charge in [0.15, 0.2) is 0 Å². The molecule has 0 spiro atoms. The summed E-state index contributed by atoms with van der Waals surface area (Å²) in [6.45, 7) is 6.25. The lowest BCUT2D eigenvalue weighted by Crippen LogP contribution is -2.57. The van der Waals surface area contributed by atoms with E-state index in [-0.39, 0.29) is 17.7 Å². The molecule has 0 unspecified atom stereocenters. The number of benzene rings is 1. The smallest absolute Gasteiger partial charge is 0.275 e. The Morgan fingerprint density at radius 3 is 2.57 bits per heavy atom. The van der Waals surface area contributed by atoms with Crippen LogP contribution in [0, 0.1) is 12.7 Å². The van der Waals surface area contributed by atoms with E-state index in [0.717, 1.165) is 32.4 Å². The molecule has 0 aliphatic carbocycles. The highest BCUT2D eigenvalue weighted by molar-refractivity contribution is 5.89. The predicted octanol–water partition coefficient (Wildman–Crippen LogP) is 2.85. The van der Waals surface area contributed by atoms with E-state index >= 15 is 0 Å². The van der Waals surface area contributed by atoms with Gasteiger partial charge in [-0.2, -0.15) is 0 Å². The first kappa shape index (κ1) is 23.6. The minimum atomic E-state index is -2.90. The number of halogens is 3. The molecule has 2 fully saturated rings. The second-order valence-electron chi connectivity index (χ2n) is 8.94. The van der Waals surface area contributed by atoms with Crippen molar-refractivity contribution in [1.29, 1.82) is 0 Å². The van der Waals surface area contributed by atoms with Crippen LogP contribution in [0.3, 0.4) is 0 Å². The molecule has 0 amide bonds. The average molecular weight is 489 g/mol. The number of piperazine rings is 1. The number of anilines is 2. The van der Waals surface area contributed by atoms with E-state index < -0.39 is 17.8 Å². The molecule has 2 aromatic heterocycles. The molecule has 1 aromatic carbocycles. The summed E-state index contributed by atoms with van der Waals surface area (Å²) in [5.41, 5.74) is 0.308.